The van der Waals surface area contributed by atoms with Gasteiger partial charge in [0.05, 0.1) is 0 Å². The molecule has 0 aliphatic rings. The lowest BCUT2D eigenvalue weighted by atomic mass is 9.99. The zero-order valence-electron chi connectivity index (χ0n) is 12.8. The Bertz CT molecular complexity index is 638. The summed E-state index contributed by atoms with van der Waals surface area (Å²) in [5.41, 5.74) is 0.531. The van der Waals surface area contributed by atoms with Crippen molar-refractivity contribution < 1.29 is 9.18 Å². The van der Waals surface area contributed by atoms with Crippen molar-refractivity contribution in [2.75, 3.05) is 0 Å². The Morgan fingerprint density at radius 3 is 2.48 bits per heavy atom. The maximum absolute atomic E-state index is 13.8. The van der Waals surface area contributed by atoms with Crippen LogP contribution in [0.3, 0.4) is 0 Å². The molecule has 2 aromatic carbocycles. The van der Waals surface area contributed by atoms with Gasteiger partial charge in [0.25, 0.3) is 5.91 Å². The molecule has 0 aromatic heterocycles. The molecule has 0 heterocycles. The van der Waals surface area contributed by atoms with E-state index in [4.69, 9.17) is 0 Å². The third-order valence-electron chi connectivity index (χ3n) is 3.95. The van der Waals surface area contributed by atoms with Crippen molar-refractivity contribution in [3.8, 4) is 0 Å². The third-order valence-corrected chi connectivity index (χ3v) is 3.95. The van der Waals surface area contributed by atoms with Gasteiger partial charge in [-0.15, -0.1) is 0 Å². The maximum Gasteiger partial charge on any atom is 0.252 e. The first kappa shape index (κ1) is 15.5. The van der Waals surface area contributed by atoms with Gasteiger partial charge >= 0.3 is 0 Å². The average molecular weight is 287 g/mol. The van der Waals surface area contributed by atoms with Gasteiger partial charge in [-0.1, -0.05) is 44.5 Å². The Morgan fingerprint density at radius 2 is 1.81 bits per heavy atom. The molecule has 21 heavy (non-hydrogen) atoms. The van der Waals surface area contributed by atoms with Gasteiger partial charge in [0.15, 0.2) is 0 Å². The number of rotatable bonds is 5. The van der Waals surface area contributed by atoms with E-state index >= 15 is 0 Å². The second-order valence-corrected chi connectivity index (χ2v) is 5.76. The zero-order valence-corrected chi connectivity index (χ0v) is 12.8. The molecule has 3 heteroatoms. The lowest BCUT2D eigenvalue weighted by molar-refractivity contribution is 0.0937. The maximum atomic E-state index is 13.8. The summed E-state index contributed by atoms with van der Waals surface area (Å²) in [5, 5.41) is 4.16. The molecule has 2 unspecified atom stereocenters. The van der Waals surface area contributed by atoms with E-state index in [1.54, 1.807) is 24.3 Å². The number of carbonyl (C=O) groups excluding carboxylic acids is 1. The molecule has 0 spiro atoms. The number of hydrogen-bond acceptors (Lipinski definition) is 1. The van der Waals surface area contributed by atoms with Crippen LogP contribution in [-0.4, -0.2) is 11.9 Å². The summed E-state index contributed by atoms with van der Waals surface area (Å²) in [5.74, 6) is 0.141. The van der Waals surface area contributed by atoms with Gasteiger partial charge in [-0.3, -0.25) is 4.79 Å². The van der Waals surface area contributed by atoms with Crippen LogP contribution in [0.1, 0.15) is 44.0 Å². The van der Waals surface area contributed by atoms with Gasteiger partial charge in [-0.2, -0.15) is 0 Å². The quantitative estimate of drug-likeness (QED) is 0.860. The van der Waals surface area contributed by atoms with Crippen molar-refractivity contribution >= 4 is 16.7 Å². The smallest absolute Gasteiger partial charge is 0.252 e. The van der Waals surface area contributed by atoms with Gasteiger partial charge in [-0.05, 0) is 36.8 Å². The minimum absolute atomic E-state index is 0.108. The standard InChI is InChI=1S/C18H22FNO/c1-4-12(2)11-13(3)20-18(21)16-9-10-17(19)15-8-6-5-7-14(15)16/h5-10,12-13H,4,11H2,1-3H3,(H,20,21). The normalized spacial score (nSPS) is 13.9. The number of fused-ring (bicyclic) bond motifs is 1. The molecule has 0 saturated heterocycles. The minimum Gasteiger partial charge on any atom is -0.350 e. The Balaban J connectivity index is 2.22. The summed E-state index contributed by atoms with van der Waals surface area (Å²) in [6, 6.07) is 10.1. The van der Waals surface area contributed by atoms with E-state index in [9.17, 15) is 9.18 Å². The molecule has 0 aliphatic carbocycles. The van der Waals surface area contributed by atoms with Crippen LogP contribution in [0.25, 0.3) is 10.8 Å². The molecule has 0 radical (unpaired) electrons. The van der Waals surface area contributed by atoms with Crippen molar-refractivity contribution in [3.63, 3.8) is 0 Å². The SMILES string of the molecule is CCC(C)CC(C)NC(=O)c1ccc(F)c2ccccc12. The Labute approximate surface area is 125 Å². The van der Waals surface area contributed by atoms with Gasteiger partial charge in [0.1, 0.15) is 5.82 Å². The topological polar surface area (TPSA) is 29.1 Å². The van der Waals surface area contributed by atoms with E-state index in [0.29, 0.717) is 22.3 Å². The first-order valence-corrected chi connectivity index (χ1v) is 7.51. The monoisotopic (exact) mass is 287 g/mol. The second kappa shape index (κ2) is 6.70. The number of benzene rings is 2. The second-order valence-electron chi connectivity index (χ2n) is 5.76. The van der Waals surface area contributed by atoms with Gasteiger partial charge in [0, 0.05) is 17.0 Å². The number of nitrogens with one attached hydrogen (secondary N) is 1. The molecule has 112 valence electrons. The summed E-state index contributed by atoms with van der Waals surface area (Å²) in [4.78, 5) is 12.4. The summed E-state index contributed by atoms with van der Waals surface area (Å²) >= 11 is 0. The highest BCUT2D eigenvalue weighted by Gasteiger charge is 2.15. The van der Waals surface area contributed by atoms with Crippen molar-refractivity contribution in [3.05, 3.63) is 47.8 Å². The molecule has 2 nitrogen and oxygen atoms in total. The molecular weight excluding hydrogens is 265 g/mol. The number of hydrogen-bond donors (Lipinski definition) is 1. The van der Waals surface area contributed by atoms with E-state index < -0.39 is 0 Å². The largest absolute Gasteiger partial charge is 0.350 e. The summed E-state index contributed by atoms with van der Waals surface area (Å²) in [7, 11) is 0. The molecule has 2 aromatic rings. The number of carbonyl (C=O) groups is 1. The van der Waals surface area contributed by atoms with Crippen molar-refractivity contribution in [1.29, 1.82) is 0 Å². The van der Waals surface area contributed by atoms with E-state index in [1.807, 2.05) is 13.0 Å². The molecule has 0 saturated carbocycles. The van der Waals surface area contributed by atoms with E-state index in [1.165, 1.54) is 6.07 Å². The van der Waals surface area contributed by atoms with E-state index in [-0.39, 0.29) is 17.8 Å². The van der Waals surface area contributed by atoms with E-state index in [2.05, 4.69) is 19.2 Å². The first-order valence-electron chi connectivity index (χ1n) is 7.51. The number of amides is 1. The van der Waals surface area contributed by atoms with Crippen LogP contribution >= 0.6 is 0 Å². The van der Waals surface area contributed by atoms with Crippen LogP contribution in [0.2, 0.25) is 0 Å². The highest BCUT2D eigenvalue weighted by Crippen LogP contribution is 2.22. The summed E-state index contributed by atoms with van der Waals surface area (Å²) in [6.45, 7) is 6.33. The van der Waals surface area contributed by atoms with Crippen molar-refractivity contribution in [2.24, 2.45) is 5.92 Å². The molecular formula is C18H22FNO. The minimum atomic E-state index is -0.296. The molecule has 2 rings (SSSR count). The third kappa shape index (κ3) is 3.60. The highest BCUT2D eigenvalue weighted by atomic mass is 19.1. The first-order chi connectivity index (χ1) is 10.0. The molecule has 0 bridgehead atoms. The molecule has 1 N–H and O–H groups in total. The van der Waals surface area contributed by atoms with E-state index in [0.717, 1.165) is 12.8 Å². The molecule has 1 amide bonds. The van der Waals surface area contributed by atoms with Gasteiger partial charge in [-0.25, -0.2) is 4.39 Å². The van der Waals surface area contributed by atoms with Crippen LogP contribution in [0.15, 0.2) is 36.4 Å². The van der Waals surface area contributed by atoms with Gasteiger partial charge in [0.2, 0.25) is 0 Å². The molecule has 0 aliphatic heterocycles. The summed E-state index contributed by atoms with van der Waals surface area (Å²) < 4.78 is 13.8. The fourth-order valence-corrected chi connectivity index (χ4v) is 2.59. The summed E-state index contributed by atoms with van der Waals surface area (Å²) in [6.07, 6.45) is 2.04. The molecule has 2 atom stereocenters. The zero-order chi connectivity index (χ0) is 15.4. The van der Waals surface area contributed by atoms with Crippen LogP contribution in [0.5, 0.6) is 0 Å². The van der Waals surface area contributed by atoms with Crippen molar-refractivity contribution in [1.82, 2.24) is 5.32 Å². The van der Waals surface area contributed by atoms with Crippen LogP contribution < -0.4 is 5.32 Å². The van der Waals surface area contributed by atoms with Crippen LogP contribution in [0, 0.1) is 11.7 Å². The highest BCUT2D eigenvalue weighted by molar-refractivity contribution is 6.07. The average Bonchev–Trinajstić information content (AvgIpc) is 2.47. The van der Waals surface area contributed by atoms with Gasteiger partial charge < -0.3 is 5.32 Å². The van der Waals surface area contributed by atoms with Crippen LogP contribution in [-0.2, 0) is 0 Å². The Hall–Kier alpha value is -1.90. The fourth-order valence-electron chi connectivity index (χ4n) is 2.59. The Kier molecular flexibility index (Phi) is 4.94. The Morgan fingerprint density at radius 1 is 1.14 bits per heavy atom. The number of halogens is 1. The predicted molar refractivity (Wildman–Crippen MR) is 84.9 cm³/mol. The lowest BCUT2D eigenvalue weighted by Gasteiger charge is -2.18. The lowest BCUT2D eigenvalue weighted by Crippen LogP contribution is -2.33. The predicted octanol–water partition coefficient (Wildman–Crippen LogP) is 4.53. The van der Waals surface area contributed by atoms with Crippen molar-refractivity contribution in [2.45, 2.75) is 39.7 Å². The fraction of sp³-hybridized carbons (Fsp3) is 0.389. The molecule has 0 fully saturated rings. The van der Waals surface area contributed by atoms with Crippen LogP contribution in [0.4, 0.5) is 4.39 Å².